The molecule has 0 atom stereocenters. The van der Waals surface area contributed by atoms with E-state index in [0.29, 0.717) is 5.92 Å². The molecule has 0 saturated heterocycles. The van der Waals surface area contributed by atoms with Gasteiger partial charge < -0.3 is 10.6 Å². The number of nitrogens with one attached hydrogen (secondary N) is 2. The van der Waals surface area contributed by atoms with Crippen LogP contribution in [-0.4, -0.2) is 16.5 Å². The van der Waals surface area contributed by atoms with Gasteiger partial charge in [0.15, 0.2) is 0 Å². The van der Waals surface area contributed by atoms with Crippen LogP contribution in [0.1, 0.15) is 37.1 Å². The molecule has 4 nitrogen and oxygen atoms in total. The zero-order valence-corrected chi connectivity index (χ0v) is 14.4. The summed E-state index contributed by atoms with van der Waals surface area (Å²) in [6.07, 6.45) is 2.41. The lowest BCUT2D eigenvalue weighted by atomic mass is 10.2. The number of halogens is 1. The first-order valence-electron chi connectivity index (χ1n) is 7.32. The molecule has 5 heteroatoms. The van der Waals surface area contributed by atoms with Gasteiger partial charge in [0.25, 0.3) is 0 Å². The molecule has 1 fully saturated rings. The summed E-state index contributed by atoms with van der Waals surface area (Å²) in [4.78, 5) is 9.42. The summed E-state index contributed by atoms with van der Waals surface area (Å²) in [5.74, 6) is 3.36. The smallest absolute Gasteiger partial charge is 0.139 e. The number of nitrogens with zero attached hydrogens (tertiary/aromatic N) is 2. The Hall–Kier alpha value is -1.37. The normalized spacial score (nSPS) is 14.0. The zero-order chi connectivity index (χ0) is 14.8. The first-order chi connectivity index (χ1) is 10.2. The molecule has 1 aliphatic carbocycles. The Morgan fingerprint density at radius 2 is 2.00 bits per heavy atom. The summed E-state index contributed by atoms with van der Waals surface area (Å²) < 4.78 is 1.21. The van der Waals surface area contributed by atoms with Crippen LogP contribution in [0.3, 0.4) is 0 Å². The minimum Gasteiger partial charge on any atom is -0.370 e. The van der Waals surface area contributed by atoms with Crippen LogP contribution in [0.2, 0.25) is 0 Å². The third-order valence-electron chi connectivity index (χ3n) is 3.54. The molecule has 2 aromatic rings. The van der Waals surface area contributed by atoms with Crippen LogP contribution >= 0.6 is 22.6 Å². The second kappa shape index (κ2) is 6.17. The van der Waals surface area contributed by atoms with E-state index >= 15 is 0 Å². The van der Waals surface area contributed by atoms with E-state index in [1.54, 1.807) is 0 Å². The van der Waals surface area contributed by atoms with Crippen LogP contribution in [0.15, 0.2) is 24.3 Å². The minimum absolute atomic E-state index is 0.541. The molecule has 1 heterocycles. The predicted molar refractivity (Wildman–Crippen MR) is 95.3 cm³/mol. The molecular weight excluding hydrogens is 375 g/mol. The first kappa shape index (κ1) is 14.6. The molecule has 0 aliphatic heterocycles. The molecule has 1 aliphatic rings. The van der Waals surface area contributed by atoms with Gasteiger partial charge in [-0.3, -0.25) is 0 Å². The van der Waals surface area contributed by atoms with Crippen molar-refractivity contribution in [1.82, 2.24) is 9.97 Å². The molecular formula is C16H19IN4. The Morgan fingerprint density at radius 3 is 2.67 bits per heavy atom. The molecule has 0 unspecified atom stereocenters. The lowest BCUT2D eigenvalue weighted by Gasteiger charge is -2.14. The van der Waals surface area contributed by atoms with Crippen molar-refractivity contribution in [3.05, 3.63) is 39.2 Å². The second-order valence-corrected chi connectivity index (χ2v) is 6.59. The molecule has 21 heavy (non-hydrogen) atoms. The molecule has 0 radical (unpaired) electrons. The Morgan fingerprint density at radius 1 is 1.24 bits per heavy atom. The monoisotopic (exact) mass is 394 g/mol. The quantitative estimate of drug-likeness (QED) is 0.737. The standard InChI is InChI=1S/C16H19IN4/c1-3-18-14-10(2)15(21-16(20-14)11-7-8-11)19-13-6-4-5-12(17)9-13/h4-6,9,11H,3,7-8H2,1-2H3,(H2,18,19,20,21). The fraction of sp³-hybridized carbons (Fsp3) is 0.375. The molecule has 1 aromatic heterocycles. The fourth-order valence-corrected chi connectivity index (χ4v) is 2.77. The third kappa shape index (κ3) is 3.45. The number of hydrogen-bond acceptors (Lipinski definition) is 4. The van der Waals surface area contributed by atoms with E-state index in [9.17, 15) is 0 Å². The first-order valence-corrected chi connectivity index (χ1v) is 8.40. The van der Waals surface area contributed by atoms with Crippen LogP contribution in [0, 0.1) is 10.5 Å². The highest BCUT2D eigenvalue weighted by Gasteiger charge is 2.28. The maximum absolute atomic E-state index is 4.74. The van der Waals surface area contributed by atoms with Crippen molar-refractivity contribution in [1.29, 1.82) is 0 Å². The van der Waals surface area contributed by atoms with Crippen LogP contribution in [-0.2, 0) is 0 Å². The summed E-state index contributed by atoms with van der Waals surface area (Å²) >= 11 is 2.32. The van der Waals surface area contributed by atoms with E-state index in [4.69, 9.17) is 4.98 Å². The van der Waals surface area contributed by atoms with Gasteiger partial charge in [0, 0.05) is 27.3 Å². The highest BCUT2D eigenvalue weighted by Crippen LogP contribution is 2.39. The number of benzene rings is 1. The summed E-state index contributed by atoms with van der Waals surface area (Å²) in [6.45, 7) is 5.01. The maximum Gasteiger partial charge on any atom is 0.139 e. The molecule has 1 saturated carbocycles. The number of hydrogen-bond donors (Lipinski definition) is 2. The lowest BCUT2D eigenvalue weighted by molar-refractivity contribution is 0.918. The summed E-state index contributed by atoms with van der Waals surface area (Å²) in [5, 5.41) is 6.78. The van der Waals surface area contributed by atoms with Crippen LogP contribution in [0.4, 0.5) is 17.3 Å². The van der Waals surface area contributed by atoms with E-state index in [1.807, 2.05) is 6.07 Å². The molecule has 2 N–H and O–H groups in total. The van der Waals surface area contributed by atoms with E-state index in [0.717, 1.165) is 35.3 Å². The summed E-state index contributed by atoms with van der Waals surface area (Å²) in [6, 6.07) is 8.31. The van der Waals surface area contributed by atoms with Gasteiger partial charge in [-0.2, -0.15) is 0 Å². The van der Waals surface area contributed by atoms with E-state index in [-0.39, 0.29) is 0 Å². The minimum atomic E-state index is 0.541. The lowest BCUT2D eigenvalue weighted by Crippen LogP contribution is -2.09. The number of aromatic nitrogens is 2. The Bertz CT molecular complexity index is 653. The van der Waals surface area contributed by atoms with Gasteiger partial charge >= 0.3 is 0 Å². The average Bonchev–Trinajstić information content (AvgIpc) is 3.28. The SMILES string of the molecule is CCNc1nc(C2CC2)nc(Nc2cccc(I)c2)c1C. The fourth-order valence-electron chi connectivity index (χ4n) is 2.22. The van der Waals surface area contributed by atoms with E-state index in [2.05, 4.69) is 70.3 Å². The van der Waals surface area contributed by atoms with Gasteiger partial charge in [0.2, 0.25) is 0 Å². The highest BCUT2D eigenvalue weighted by atomic mass is 127. The molecule has 0 amide bonds. The van der Waals surface area contributed by atoms with Gasteiger partial charge in [-0.15, -0.1) is 0 Å². The van der Waals surface area contributed by atoms with Gasteiger partial charge in [-0.1, -0.05) is 6.07 Å². The number of rotatable bonds is 5. The maximum atomic E-state index is 4.74. The number of anilines is 3. The topological polar surface area (TPSA) is 49.8 Å². The van der Waals surface area contributed by atoms with Gasteiger partial charge in [-0.25, -0.2) is 9.97 Å². The summed E-state index contributed by atoms with van der Waals surface area (Å²) in [5.41, 5.74) is 2.13. The van der Waals surface area contributed by atoms with Gasteiger partial charge in [0.1, 0.15) is 17.5 Å². The predicted octanol–water partition coefficient (Wildman–Crippen LogP) is 4.44. The molecule has 0 spiro atoms. The molecule has 110 valence electrons. The summed E-state index contributed by atoms with van der Waals surface area (Å²) in [7, 11) is 0. The van der Waals surface area contributed by atoms with Crippen LogP contribution < -0.4 is 10.6 Å². The van der Waals surface area contributed by atoms with Crippen molar-refractivity contribution in [2.24, 2.45) is 0 Å². The van der Waals surface area contributed by atoms with Crippen molar-refractivity contribution in [2.75, 3.05) is 17.2 Å². The largest absolute Gasteiger partial charge is 0.370 e. The van der Waals surface area contributed by atoms with Gasteiger partial charge in [0.05, 0.1) is 0 Å². The van der Waals surface area contributed by atoms with E-state index < -0.39 is 0 Å². The molecule has 1 aromatic carbocycles. The van der Waals surface area contributed by atoms with Crippen molar-refractivity contribution in [3.63, 3.8) is 0 Å². The van der Waals surface area contributed by atoms with E-state index in [1.165, 1.54) is 16.4 Å². The molecule has 0 bridgehead atoms. The average molecular weight is 394 g/mol. The third-order valence-corrected chi connectivity index (χ3v) is 4.21. The van der Waals surface area contributed by atoms with Crippen molar-refractivity contribution >= 4 is 39.9 Å². The molecule has 3 rings (SSSR count). The highest BCUT2D eigenvalue weighted by molar-refractivity contribution is 14.1. The van der Waals surface area contributed by atoms with Gasteiger partial charge in [-0.05, 0) is 67.5 Å². The zero-order valence-electron chi connectivity index (χ0n) is 12.3. The second-order valence-electron chi connectivity index (χ2n) is 5.34. The Balaban J connectivity index is 1.95. The van der Waals surface area contributed by atoms with Crippen molar-refractivity contribution in [3.8, 4) is 0 Å². The van der Waals surface area contributed by atoms with Crippen LogP contribution in [0.5, 0.6) is 0 Å². The van der Waals surface area contributed by atoms with Crippen LogP contribution in [0.25, 0.3) is 0 Å². The van der Waals surface area contributed by atoms with Crippen molar-refractivity contribution in [2.45, 2.75) is 32.6 Å². The Kier molecular flexibility index (Phi) is 4.28. The van der Waals surface area contributed by atoms with Crippen molar-refractivity contribution < 1.29 is 0 Å². The Labute approximate surface area is 138 Å².